The van der Waals surface area contributed by atoms with Crippen molar-refractivity contribution in [1.29, 1.82) is 0 Å². The minimum atomic E-state index is -0.373. The topological polar surface area (TPSA) is 31.4 Å². The van der Waals surface area contributed by atoms with Crippen LogP contribution in [-0.4, -0.2) is 19.2 Å². The molecule has 1 aromatic heterocycles. The lowest BCUT2D eigenvalue weighted by atomic mass is 10.4. The van der Waals surface area contributed by atoms with Crippen LogP contribution in [0.3, 0.4) is 0 Å². The fourth-order valence-electron chi connectivity index (χ4n) is 1.51. The summed E-state index contributed by atoms with van der Waals surface area (Å²) in [7, 11) is 3.23. The maximum atomic E-state index is 5.18. The van der Waals surface area contributed by atoms with Gasteiger partial charge in [0.15, 0.2) is 0 Å². The first-order valence-electron chi connectivity index (χ1n) is 5.61. The summed E-state index contributed by atoms with van der Waals surface area (Å²) in [6.07, 6.45) is -0.373. The highest BCUT2D eigenvalue weighted by Crippen LogP contribution is 2.27. The summed E-state index contributed by atoms with van der Waals surface area (Å²) >= 11 is 6.83. The van der Waals surface area contributed by atoms with Crippen LogP contribution in [0.15, 0.2) is 39.0 Å². The van der Waals surface area contributed by atoms with Gasteiger partial charge in [-0.05, 0) is 24.3 Å². The maximum absolute atomic E-state index is 5.18. The first kappa shape index (κ1) is 15.0. The van der Waals surface area contributed by atoms with Gasteiger partial charge in [0.05, 0.1) is 5.75 Å². The quantitative estimate of drug-likeness (QED) is 0.561. The molecule has 0 aliphatic rings. The number of thiazole rings is 1. The molecule has 0 aliphatic carbocycles. The van der Waals surface area contributed by atoms with Crippen molar-refractivity contribution >= 4 is 39.0 Å². The Balaban J connectivity index is 1.95. The molecule has 1 heterocycles. The molecule has 0 N–H and O–H groups in total. The van der Waals surface area contributed by atoms with Crippen molar-refractivity contribution in [3.8, 4) is 0 Å². The number of hydrogen-bond acceptors (Lipinski definition) is 5. The van der Waals surface area contributed by atoms with Crippen molar-refractivity contribution < 1.29 is 9.47 Å². The van der Waals surface area contributed by atoms with E-state index in [4.69, 9.17) is 9.47 Å². The van der Waals surface area contributed by atoms with E-state index in [1.54, 1.807) is 37.3 Å². The van der Waals surface area contributed by atoms with Crippen LogP contribution in [0.4, 0.5) is 0 Å². The zero-order valence-corrected chi connectivity index (χ0v) is 13.8. The molecule has 6 heteroatoms. The Morgan fingerprint density at radius 2 is 1.95 bits per heavy atom. The van der Waals surface area contributed by atoms with Gasteiger partial charge in [-0.3, -0.25) is 0 Å². The first-order chi connectivity index (χ1) is 9.22. The molecule has 0 spiro atoms. The summed E-state index contributed by atoms with van der Waals surface area (Å²) in [6.45, 7) is 0. The number of methoxy groups -OCH3 is 2. The molecule has 19 heavy (non-hydrogen) atoms. The number of halogens is 1. The summed E-state index contributed by atoms with van der Waals surface area (Å²) in [4.78, 5) is 5.75. The zero-order valence-electron chi connectivity index (χ0n) is 10.6. The number of rotatable bonds is 6. The van der Waals surface area contributed by atoms with Crippen LogP contribution in [0.1, 0.15) is 17.0 Å². The Hall–Kier alpha value is -0.400. The lowest BCUT2D eigenvalue weighted by Gasteiger charge is -2.09. The van der Waals surface area contributed by atoms with E-state index < -0.39 is 0 Å². The van der Waals surface area contributed by atoms with E-state index in [1.807, 2.05) is 17.5 Å². The largest absolute Gasteiger partial charge is 0.350 e. The Kier molecular flexibility index (Phi) is 5.84. The average Bonchev–Trinajstić information content (AvgIpc) is 2.88. The van der Waals surface area contributed by atoms with E-state index in [0.717, 1.165) is 20.9 Å². The normalized spacial score (nSPS) is 11.2. The van der Waals surface area contributed by atoms with Crippen LogP contribution in [0, 0.1) is 0 Å². The molecule has 2 aromatic rings. The smallest absolute Gasteiger partial charge is 0.201 e. The Morgan fingerprint density at radius 1 is 1.26 bits per heavy atom. The third kappa shape index (κ3) is 4.29. The minimum Gasteiger partial charge on any atom is -0.350 e. The van der Waals surface area contributed by atoms with E-state index in [-0.39, 0.29) is 6.29 Å². The monoisotopic (exact) mass is 359 g/mol. The van der Waals surface area contributed by atoms with E-state index in [0.29, 0.717) is 0 Å². The molecule has 0 fully saturated rings. The van der Waals surface area contributed by atoms with Gasteiger partial charge in [-0.1, -0.05) is 15.9 Å². The third-order valence-corrected chi connectivity index (χ3v) is 5.02. The second-order valence-electron chi connectivity index (χ2n) is 3.71. The van der Waals surface area contributed by atoms with Crippen LogP contribution in [-0.2, 0) is 15.2 Å². The highest BCUT2D eigenvalue weighted by molar-refractivity contribution is 9.10. The van der Waals surface area contributed by atoms with Gasteiger partial charge < -0.3 is 9.47 Å². The predicted molar refractivity (Wildman–Crippen MR) is 82.6 cm³/mol. The number of hydrogen-bond donors (Lipinski definition) is 0. The van der Waals surface area contributed by atoms with Gasteiger partial charge in [-0.25, -0.2) is 4.98 Å². The lowest BCUT2D eigenvalue weighted by molar-refractivity contribution is -0.108. The molecular formula is C13H14BrNO2S2. The van der Waals surface area contributed by atoms with Crippen molar-refractivity contribution in [2.75, 3.05) is 14.2 Å². The number of nitrogens with zero attached hydrogens (tertiary/aromatic N) is 1. The number of benzene rings is 1. The second-order valence-corrected chi connectivity index (χ2v) is 6.62. The van der Waals surface area contributed by atoms with Crippen molar-refractivity contribution in [3.63, 3.8) is 0 Å². The van der Waals surface area contributed by atoms with E-state index >= 15 is 0 Å². The van der Waals surface area contributed by atoms with Crippen molar-refractivity contribution in [2.45, 2.75) is 16.9 Å². The van der Waals surface area contributed by atoms with Crippen LogP contribution in [0.5, 0.6) is 0 Å². The lowest BCUT2D eigenvalue weighted by Crippen LogP contribution is -2.03. The molecule has 2 rings (SSSR count). The van der Waals surface area contributed by atoms with Crippen LogP contribution < -0.4 is 0 Å². The second kappa shape index (κ2) is 7.40. The van der Waals surface area contributed by atoms with Gasteiger partial charge in [0.1, 0.15) is 10.7 Å². The summed E-state index contributed by atoms with van der Waals surface area (Å²) in [5, 5.41) is 3.05. The van der Waals surface area contributed by atoms with Gasteiger partial charge in [0, 0.05) is 29.0 Å². The molecule has 0 radical (unpaired) electrons. The number of ether oxygens (including phenoxy) is 2. The third-order valence-electron chi connectivity index (χ3n) is 2.42. The Labute approximate surface area is 129 Å². The minimum absolute atomic E-state index is 0.373. The summed E-state index contributed by atoms with van der Waals surface area (Å²) < 4.78 is 11.5. The molecule has 3 nitrogen and oxygen atoms in total. The van der Waals surface area contributed by atoms with Crippen LogP contribution in [0.25, 0.3) is 0 Å². The number of thioether (sulfide) groups is 1. The Morgan fingerprint density at radius 3 is 2.58 bits per heavy atom. The Bertz CT molecular complexity index is 512. The summed E-state index contributed by atoms with van der Waals surface area (Å²) in [5.41, 5.74) is 0.835. The fourth-order valence-corrected chi connectivity index (χ4v) is 3.49. The van der Waals surface area contributed by atoms with E-state index in [2.05, 4.69) is 33.0 Å². The zero-order chi connectivity index (χ0) is 13.7. The highest BCUT2D eigenvalue weighted by atomic mass is 79.9. The maximum Gasteiger partial charge on any atom is 0.201 e. The van der Waals surface area contributed by atoms with Crippen LogP contribution >= 0.6 is 39.0 Å². The fraction of sp³-hybridized carbons (Fsp3) is 0.308. The van der Waals surface area contributed by atoms with Gasteiger partial charge in [0.2, 0.25) is 6.29 Å². The molecule has 0 amide bonds. The predicted octanol–water partition coefficient (Wildman–Crippen LogP) is 4.49. The molecule has 0 atom stereocenters. The van der Waals surface area contributed by atoms with Crippen molar-refractivity contribution in [1.82, 2.24) is 4.98 Å². The standard InChI is InChI=1S/C13H14BrNO2S2/c1-16-13(17-2)11-7-19-12(15-11)8-18-10-5-3-9(14)4-6-10/h3-7,13H,8H2,1-2H3. The van der Waals surface area contributed by atoms with Gasteiger partial charge in [-0.2, -0.15) is 0 Å². The molecule has 1 aromatic carbocycles. The molecule has 0 bridgehead atoms. The molecule has 0 unspecified atom stereocenters. The molecule has 0 saturated carbocycles. The van der Waals surface area contributed by atoms with E-state index in [1.165, 1.54) is 4.90 Å². The average molecular weight is 360 g/mol. The molecule has 102 valence electrons. The molecule has 0 saturated heterocycles. The summed E-state index contributed by atoms with van der Waals surface area (Å²) in [6, 6.07) is 8.27. The molecular weight excluding hydrogens is 346 g/mol. The van der Waals surface area contributed by atoms with Crippen molar-refractivity contribution in [2.24, 2.45) is 0 Å². The SMILES string of the molecule is COC(OC)c1csc(CSc2ccc(Br)cc2)n1. The van der Waals surface area contributed by atoms with Crippen LogP contribution in [0.2, 0.25) is 0 Å². The highest BCUT2D eigenvalue weighted by Gasteiger charge is 2.13. The molecule has 0 aliphatic heterocycles. The van der Waals surface area contributed by atoms with Gasteiger partial charge >= 0.3 is 0 Å². The van der Waals surface area contributed by atoms with Gasteiger partial charge in [0.25, 0.3) is 0 Å². The van der Waals surface area contributed by atoms with Gasteiger partial charge in [-0.15, -0.1) is 23.1 Å². The first-order valence-corrected chi connectivity index (χ1v) is 8.27. The number of aromatic nitrogens is 1. The van der Waals surface area contributed by atoms with Crippen molar-refractivity contribution in [3.05, 3.63) is 44.8 Å². The van der Waals surface area contributed by atoms with E-state index in [9.17, 15) is 0 Å². The summed E-state index contributed by atoms with van der Waals surface area (Å²) in [5.74, 6) is 0.854.